The topological polar surface area (TPSA) is 161 Å². The molecule has 11 nitrogen and oxygen atoms in total. The summed E-state index contributed by atoms with van der Waals surface area (Å²) in [4.78, 5) is 10.3. The molecule has 0 aliphatic carbocycles. The number of nitrogens with zero attached hydrogens (tertiary/aromatic N) is 8. The second-order valence-electron chi connectivity index (χ2n) is 4.69. The van der Waals surface area contributed by atoms with Gasteiger partial charge < -0.3 is 5.73 Å². The van der Waals surface area contributed by atoms with Gasteiger partial charge in [0, 0.05) is 12.1 Å². The largest absolute Gasteiger partial charge is 0.381 e. The number of rotatable bonds is 3. The molecule has 0 radical (unpaired) electrons. The minimum Gasteiger partial charge on any atom is -0.381 e. The number of nitriles is 1. The van der Waals surface area contributed by atoms with Crippen LogP contribution in [0.25, 0.3) is 5.65 Å². The Bertz CT molecular complexity index is 1030. The number of aromatic nitrogens is 4. The van der Waals surface area contributed by atoms with E-state index < -0.39 is 4.92 Å². The second-order valence-corrected chi connectivity index (χ2v) is 4.69. The molecule has 2 aromatic heterocycles. The number of hydrogen-bond donors (Lipinski definition) is 1. The van der Waals surface area contributed by atoms with E-state index in [-0.39, 0.29) is 22.8 Å². The third-order valence-corrected chi connectivity index (χ3v) is 3.13. The predicted octanol–water partition coefficient (Wildman–Crippen LogP) is 2.21. The van der Waals surface area contributed by atoms with Crippen LogP contribution >= 0.6 is 0 Å². The highest BCUT2D eigenvalue weighted by atomic mass is 16.6. The van der Waals surface area contributed by atoms with E-state index in [0.29, 0.717) is 17.1 Å². The molecule has 0 saturated carbocycles. The molecule has 11 heteroatoms. The van der Waals surface area contributed by atoms with E-state index in [9.17, 15) is 10.1 Å². The first-order valence-corrected chi connectivity index (χ1v) is 6.59. The number of nitrogen functional groups attached to an aromatic ring is 1. The molecule has 0 spiro atoms. The lowest BCUT2D eigenvalue weighted by atomic mass is 10.3. The number of anilines is 1. The fourth-order valence-electron chi connectivity index (χ4n) is 1.99. The van der Waals surface area contributed by atoms with Crippen LogP contribution in [0.5, 0.6) is 0 Å². The van der Waals surface area contributed by atoms with Crippen molar-refractivity contribution in [2.24, 2.45) is 10.2 Å². The van der Waals surface area contributed by atoms with E-state index in [1.54, 1.807) is 13.0 Å². The van der Waals surface area contributed by atoms with E-state index in [2.05, 4.69) is 25.5 Å². The summed E-state index contributed by atoms with van der Waals surface area (Å²) in [5.41, 5.74) is 6.98. The standard InChI is InChI=1S/C13H9N9O2/c1-7-11(13-19-17-10(6-14)12(15)21(13)20-7)18-16-8-3-2-4-9(5-8)22(23)24/h2-5H,15H2,1H3. The molecule has 0 bridgehead atoms. The van der Waals surface area contributed by atoms with E-state index in [1.807, 2.05) is 6.07 Å². The fourth-order valence-corrected chi connectivity index (χ4v) is 1.99. The summed E-state index contributed by atoms with van der Waals surface area (Å²) >= 11 is 0. The number of azo groups is 1. The Kier molecular flexibility index (Phi) is 3.55. The van der Waals surface area contributed by atoms with Gasteiger partial charge in [-0.05, 0) is 13.0 Å². The van der Waals surface area contributed by atoms with Gasteiger partial charge in [-0.3, -0.25) is 10.1 Å². The average Bonchev–Trinajstić information content (AvgIpc) is 2.90. The molecule has 0 fully saturated rings. The van der Waals surface area contributed by atoms with Crippen LogP contribution in [0.3, 0.4) is 0 Å². The van der Waals surface area contributed by atoms with E-state index in [1.165, 1.54) is 22.7 Å². The van der Waals surface area contributed by atoms with Gasteiger partial charge in [-0.25, -0.2) is 0 Å². The van der Waals surface area contributed by atoms with Crippen LogP contribution in [0.15, 0.2) is 34.5 Å². The summed E-state index contributed by atoms with van der Waals surface area (Å²) in [5, 5.41) is 39.4. The number of nitro benzene ring substituents is 1. The monoisotopic (exact) mass is 323 g/mol. The lowest BCUT2D eigenvalue weighted by molar-refractivity contribution is -0.384. The number of nitro groups is 1. The van der Waals surface area contributed by atoms with Crippen molar-refractivity contribution in [2.75, 3.05) is 5.73 Å². The Morgan fingerprint density at radius 3 is 2.88 bits per heavy atom. The second kappa shape index (κ2) is 5.69. The Morgan fingerprint density at radius 1 is 1.38 bits per heavy atom. The van der Waals surface area contributed by atoms with Gasteiger partial charge in [0.1, 0.15) is 6.07 Å². The van der Waals surface area contributed by atoms with Gasteiger partial charge in [0.15, 0.2) is 11.5 Å². The highest BCUT2D eigenvalue weighted by Crippen LogP contribution is 2.28. The number of non-ortho nitro benzene ring substituents is 1. The Hall–Kier alpha value is -3.94. The summed E-state index contributed by atoms with van der Waals surface area (Å²) in [5.74, 6) is 0.0439. The molecule has 0 aliphatic heterocycles. The van der Waals surface area contributed by atoms with Gasteiger partial charge in [0.2, 0.25) is 11.3 Å². The lowest BCUT2D eigenvalue weighted by Gasteiger charge is -1.98. The van der Waals surface area contributed by atoms with Crippen LogP contribution in [-0.4, -0.2) is 24.7 Å². The number of benzene rings is 1. The molecular formula is C13H9N9O2. The number of hydrogen-bond acceptors (Lipinski definition) is 9. The van der Waals surface area contributed by atoms with Gasteiger partial charge in [0.05, 0.1) is 16.3 Å². The highest BCUT2D eigenvalue weighted by Gasteiger charge is 2.16. The molecule has 0 aliphatic rings. The smallest absolute Gasteiger partial charge is 0.271 e. The van der Waals surface area contributed by atoms with Crippen molar-refractivity contribution < 1.29 is 4.92 Å². The van der Waals surface area contributed by atoms with Crippen molar-refractivity contribution in [3.8, 4) is 6.07 Å². The highest BCUT2D eigenvalue weighted by molar-refractivity contribution is 5.68. The van der Waals surface area contributed by atoms with Crippen molar-refractivity contribution in [3.05, 3.63) is 45.8 Å². The number of nitrogens with two attached hydrogens (primary N) is 1. The molecule has 0 saturated heterocycles. The predicted molar refractivity (Wildman–Crippen MR) is 81.9 cm³/mol. The minimum atomic E-state index is -0.519. The molecule has 3 rings (SSSR count). The van der Waals surface area contributed by atoms with Gasteiger partial charge in [-0.15, -0.1) is 15.3 Å². The van der Waals surface area contributed by atoms with Crippen LogP contribution in [-0.2, 0) is 0 Å². The molecule has 0 amide bonds. The van der Waals surface area contributed by atoms with Crippen LogP contribution in [0.1, 0.15) is 11.4 Å². The van der Waals surface area contributed by atoms with Gasteiger partial charge in [-0.1, -0.05) is 6.07 Å². The average molecular weight is 323 g/mol. The van der Waals surface area contributed by atoms with Crippen molar-refractivity contribution in [1.29, 1.82) is 5.26 Å². The van der Waals surface area contributed by atoms with Crippen molar-refractivity contribution in [2.45, 2.75) is 6.92 Å². The third kappa shape index (κ3) is 2.48. The van der Waals surface area contributed by atoms with Gasteiger partial charge in [-0.2, -0.15) is 20.0 Å². The summed E-state index contributed by atoms with van der Waals surface area (Å²) in [6.45, 7) is 1.67. The van der Waals surface area contributed by atoms with Crippen molar-refractivity contribution >= 4 is 28.5 Å². The Balaban J connectivity index is 2.06. The Labute approximate surface area is 134 Å². The van der Waals surface area contributed by atoms with E-state index in [4.69, 9.17) is 11.0 Å². The first-order valence-electron chi connectivity index (χ1n) is 6.59. The zero-order chi connectivity index (χ0) is 17.3. The van der Waals surface area contributed by atoms with Crippen LogP contribution < -0.4 is 5.73 Å². The molecule has 118 valence electrons. The van der Waals surface area contributed by atoms with E-state index in [0.717, 1.165) is 0 Å². The third-order valence-electron chi connectivity index (χ3n) is 3.13. The quantitative estimate of drug-likeness (QED) is 0.439. The summed E-state index contributed by atoms with van der Waals surface area (Å²) in [6, 6.07) is 7.54. The molecule has 0 unspecified atom stereocenters. The molecular weight excluding hydrogens is 314 g/mol. The molecule has 2 heterocycles. The maximum absolute atomic E-state index is 10.8. The number of aryl methyl sites for hydroxylation is 1. The molecule has 0 atom stereocenters. The number of fused-ring (bicyclic) bond motifs is 1. The molecule has 1 aromatic carbocycles. The zero-order valence-electron chi connectivity index (χ0n) is 12.3. The maximum atomic E-state index is 10.8. The van der Waals surface area contributed by atoms with Crippen molar-refractivity contribution in [1.82, 2.24) is 19.8 Å². The fraction of sp³-hybridized carbons (Fsp3) is 0.0769. The Morgan fingerprint density at radius 2 is 2.17 bits per heavy atom. The first-order chi connectivity index (χ1) is 11.5. The summed E-state index contributed by atoms with van der Waals surface area (Å²) in [6.07, 6.45) is 0. The van der Waals surface area contributed by atoms with Gasteiger partial charge in [0.25, 0.3) is 5.69 Å². The van der Waals surface area contributed by atoms with Crippen LogP contribution in [0.4, 0.5) is 22.9 Å². The van der Waals surface area contributed by atoms with Crippen LogP contribution in [0.2, 0.25) is 0 Å². The minimum absolute atomic E-state index is 0.0439. The SMILES string of the molecule is Cc1nn2c(N)c(C#N)nnc2c1N=Nc1cccc([N+](=O)[O-])c1. The zero-order valence-corrected chi connectivity index (χ0v) is 12.3. The first kappa shape index (κ1) is 15.0. The summed E-state index contributed by atoms with van der Waals surface area (Å²) < 4.78 is 1.25. The summed E-state index contributed by atoms with van der Waals surface area (Å²) in [7, 11) is 0. The van der Waals surface area contributed by atoms with Crippen molar-refractivity contribution in [3.63, 3.8) is 0 Å². The van der Waals surface area contributed by atoms with E-state index >= 15 is 0 Å². The van der Waals surface area contributed by atoms with Gasteiger partial charge >= 0.3 is 0 Å². The normalized spacial score (nSPS) is 11.0. The molecule has 24 heavy (non-hydrogen) atoms. The maximum Gasteiger partial charge on any atom is 0.271 e. The molecule has 3 aromatic rings. The molecule has 2 N–H and O–H groups in total. The lowest BCUT2D eigenvalue weighted by Crippen LogP contribution is -2.05. The van der Waals surface area contributed by atoms with Crippen LogP contribution in [0, 0.1) is 28.4 Å².